The Morgan fingerprint density at radius 1 is 0.898 bits per heavy atom. The zero-order chi connectivity index (χ0) is 43.9. The van der Waals surface area contributed by atoms with Crippen molar-refractivity contribution in [3.05, 3.63) is 36.0 Å². The standard InChI is InChI=1S/C41H67N11O7/c1-24(2)22-31(39(58)59)50-37(56)33(41(3,4)5)51-35(54)30(23-25-12-9-14-27-26(25)17-20-46-27)49-36(55)32-16-11-21-52(32)38(57)29(13-7-8-18-42)48-34(53)28(45-6)15-10-19-47-40(43)44/h9,12,14,17,20,24,28-33,45-46H,7-8,10-11,13,15-16,18-19,21-23,42H2,1-6H3,(H,48,53)(H,49,55)(H,50,56)(H,51,54)(H,58,59)(H4,43,44,47)/t28-,29-,30-,31-,32-,33+/m0/s1. The highest BCUT2D eigenvalue weighted by atomic mass is 16.4. The Balaban J connectivity index is 1.89. The summed E-state index contributed by atoms with van der Waals surface area (Å²) >= 11 is 0. The van der Waals surface area contributed by atoms with Gasteiger partial charge in [0.15, 0.2) is 5.96 Å². The highest BCUT2D eigenvalue weighted by Gasteiger charge is 2.41. The van der Waals surface area contributed by atoms with Gasteiger partial charge in [-0.15, -0.1) is 0 Å². The number of fused-ring (bicyclic) bond motifs is 1. The summed E-state index contributed by atoms with van der Waals surface area (Å²) < 4.78 is 0. The van der Waals surface area contributed by atoms with Crippen LogP contribution in [0, 0.1) is 11.3 Å². The zero-order valence-corrected chi connectivity index (χ0v) is 35.4. The maximum atomic E-state index is 14.3. The lowest BCUT2D eigenvalue weighted by molar-refractivity contribution is -0.143. The van der Waals surface area contributed by atoms with E-state index >= 15 is 0 Å². The van der Waals surface area contributed by atoms with Crippen LogP contribution in [0.5, 0.6) is 0 Å². The normalized spacial score (nSPS) is 16.7. The molecule has 0 aliphatic carbocycles. The lowest BCUT2D eigenvalue weighted by Crippen LogP contribution is -2.61. The van der Waals surface area contributed by atoms with Gasteiger partial charge in [-0.1, -0.05) is 46.8 Å². The molecule has 2 aromatic rings. The van der Waals surface area contributed by atoms with Gasteiger partial charge in [0.05, 0.1) is 6.04 Å². The first kappa shape index (κ1) is 48.1. The Morgan fingerprint density at radius 3 is 2.20 bits per heavy atom. The second-order valence-electron chi connectivity index (χ2n) is 16.8. The molecule has 1 fully saturated rings. The van der Waals surface area contributed by atoms with Crippen molar-refractivity contribution in [1.29, 1.82) is 0 Å². The van der Waals surface area contributed by atoms with Crippen LogP contribution in [0.4, 0.5) is 0 Å². The van der Waals surface area contributed by atoms with E-state index in [0.717, 1.165) is 16.5 Å². The summed E-state index contributed by atoms with van der Waals surface area (Å²) in [5.74, 6) is -3.92. The molecule has 59 heavy (non-hydrogen) atoms. The molecule has 1 aromatic heterocycles. The maximum Gasteiger partial charge on any atom is 0.326 e. The summed E-state index contributed by atoms with van der Waals surface area (Å²) in [7, 11) is 1.65. The lowest BCUT2D eigenvalue weighted by Gasteiger charge is -2.33. The molecule has 18 nitrogen and oxygen atoms in total. The second-order valence-corrected chi connectivity index (χ2v) is 16.8. The van der Waals surface area contributed by atoms with E-state index in [0.29, 0.717) is 58.0 Å². The van der Waals surface area contributed by atoms with Gasteiger partial charge < -0.3 is 58.8 Å². The molecular formula is C41H67N11O7. The van der Waals surface area contributed by atoms with E-state index in [9.17, 15) is 33.9 Å². The van der Waals surface area contributed by atoms with Gasteiger partial charge in [0.1, 0.15) is 30.2 Å². The van der Waals surface area contributed by atoms with E-state index < -0.39 is 71.3 Å². The number of amides is 5. The van der Waals surface area contributed by atoms with Gasteiger partial charge >= 0.3 is 5.97 Å². The van der Waals surface area contributed by atoms with E-state index in [1.807, 2.05) is 38.1 Å². The molecule has 3 rings (SSSR count). The Hall–Kier alpha value is -5.23. The lowest BCUT2D eigenvalue weighted by atomic mass is 9.85. The Bertz CT molecular complexity index is 1770. The summed E-state index contributed by atoms with van der Waals surface area (Å²) in [6, 6.07) is 1.41. The number of carboxylic acids is 1. The minimum Gasteiger partial charge on any atom is -0.480 e. The molecule has 0 unspecified atom stereocenters. The molecule has 0 radical (unpaired) electrons. The quantitative estimate of drug-likeness (QED) is 0.0420. The molecule has 6 atom stereocenters. The van der Waals surface area contributed by atoms with E-state index in [2.05, 4.69) is 36.6 Å². The van der Waals surface area contributed by atoms with Gasteiger partial charge in [-0.05, 0) is 94.0 Å². The smallest absolute Gasteiger partial charge is 0.326 e. The van der Waals surface area contributed by atoms with Crippen molar-refractivity contribution in [3.63, 3.8) is 0 Å². The van der Waals surface area contributed by atoms with Crippen molar-refractivity contribution in [3.8, 4) is 0 Å². The van der Waals surface area contributed by atoms with Crippen LogP contribution in [0.15, 0.2) is 35.5 Å². The number of aliphatic carboxylic acids is 1. The minimum absolute atomic E-state index is 0.0208. The number of unbranched alkanes of at least 4 members (excludes halogenated alkanes) is 1. The van der Waals surface area contributed by atoms with Crippen molar-refractivity contribution in [2.24, 2.45) is 33.5 Å². The molecule has 0 bridgehead atoms. The largest absolute Gasteiger partial charge is 0.480 e. The van der Waals surface area contributed by atoms with Crippen molar-refractivity contribution in [2.45, 2.75) is 129 Å². The van der Waals surface area contributed by atoms with Crippen LogP contribution in [-0.4, -0.2) is 119 Å². The van der Waals surface area contributed by atoms with Gasteiger partial charge in [-0.25, -0.2) is 4.79 Å². The second kappa shape index (κ2) is 22.8. The summed E-state index contributed by atoms with van der Waals surface area (Å²) in [5, 5.41) is 24.9. The summed E-state index contributed by atoms with van der Waals surface area (Å²) in [4.78, 5) is 90.7. The molecule has 1 aliphatic rings. The fourth-order valence-corrected chi connectivity index (χ4v) is 7.33. The Morgan fingerprint density at radius 2 is 1.58 bits per heavy atom. The topological polar surface area (TPSA) is 292 Å². The number of guanidine groups is 1. The number of carbonyl (C=O) groups is 6. The van der Waals surface area contributed by atoms with Crippen LogP contribution >= 0.6 is 0 Å². The van der Waals surface area contributed by atoms with Gasteiger partial charge in [-0.2, -0.15) is 0 Å². The molecule has 1 aromatic carbocycles. The van der Waals surface area contributed by atoms with Crippen molar-refractivity contribution < 1.29 is 33.9 Å². The molecular weight excluding hydrogens is 759 g/mol. The summed E-state index contributed by atoms with van der Waals surface area (Å²) in [5.41, 5.74) is 17.3. The number of aromatic amines is 1. The average molecular weight is 826 g/mol. The number of aliphatic imine (C=N–C) groups is 1. The molecule has 0 spiro atoms. The summed E-state index contributed by atoms with van der Waals surface area (Å²) in [6.07, 6.45) is 5.28. The van der Waals surface area contributed by atoms with Gasteiger partial charge in [0, 0.05) is 36.6 Å². The average Bonchev–Trinajstić information content (AvgIpc) is 3.86. The first-order valence-corrected chi connectivity index (χ1v) is 20.6. The molecule has 2 heterocycles. The number of nitrogens with zero attached hydrogens (tertiary/aromatic N) is 2. The Kier molecular flexibility index (Phi) is 18.6. The third-order valence-corrected chi connectivity index (χ3v) is 10.5. The highest BCUT2D eigenvalue weighted by Crippen LogP contribution is 2.24. The predicted molar refractivity (Wildman–Crippen MR) is 227 cm³/mol. The highest BCUT2D eigenvalue weighted by molar-refractivity contribution is 5.97. The summed E-state index contributed by atoms with van der Waals surface area (Å²) in [6.45, 7) is 9.95. The number of carbonyl (C=O) groups excluding carboxylic acids is 5. The third-order valence-electron chi connectivity index (χ3n) is 10.5. The number of nitrogens with two attached hydrogens (primary N) is 3. The fraction of sp³-hybridized carbons (Fsp3) is 0.634. The SMILES string of the molecule is CN[C@@H](CCCN=C(N)N)C(=O)N[C@@H](CCCCN)C(=O)N1CCC[C@H]1C(=O)N[C@@H](Cc1cccc2[nH]ccc12)C(=O)N[C@H](C(=O)N[C@@H](CC(C)C)C(=O)O)C(C)(C)C. The first-order chi connectivity index (χ1) is 27.9. The van der Waals surface area contributed by atoms with E-state index in [4.69, 9.17) is 17.2 Å². The third kappa shape index (κ3) is 14.5. The molecule has 18 heteroatoms. The maximum absolute atomic E-state index is 14.3. The number of nitrogens with one attached hydrogen (secondary N) is 6. The number of hydrogen-bond donors (Lipinski definition) is 10. The minimum atomic E-state index is -1.19. The van der Waals surface area contributed by atoms with Crippen molar-refractivity contribution in [2.75, 3.05) is 26.7 Å². The van der Waals surface area contributed by atoms with Gasteiger partial charge in [0.2, 0.25) is 29.5 Å². The van der Waals surface area contributed by atoms with Gasteiger partial charge in [-0.3, -0.25) is 29.0 Å². The van der Waals surface area contributed by atoms with Crippen LogP contribution in [-0.2, 0) is 35.2 Å². The van der Waals surface area contributed by atoms with E-state index in [-0.39, 0.29) is 37.2 Å². The fourth-order valence-electron chi connectivity index (χ4n) is 7.33. The van der Waals surface area contributed by atoms with Gasteiger partial charge in [0.25, 0.3) is 0 Å². The van der Waals surface area contributed by atoms with E-state index in [1.165, 1.54) is 4.90 Å². The zero-order valence-electron chi connectivity index (χ0n) is 35.4. The molecule has 5 amide bonds. The Labute approximate surface area is 347 Å². The number of hydrogen-bond acceptors (Lipinski definition) is 9. The van der Waals surface area contributed by atoms with Crippen LogP contribution < -0.4 is 43.8 Å². The predicted octanol–water partition coefficient (Wildman–Crippen LogP) is 0.588. The molecule has 13 N–H and O–H groups in total. The van der Waals surface area contributed by atoms with Crippen LogP contribution in [0.3, 0.4) is 0 Å². The first-order valence-electron chi connectivity index (χ1n) is 20.6. The monoisotopic (exact) mass is 826 g/mol. The number of aromatic nitrogens is 1. The van der Waals surface area contributed by atoms with Crippen LogP contribution in [0.25, 0.3) is 10.9 Å². The number of rotatable bonds is 23. The number of likely N-dealkylation sites (N-methyl/N-ethyl adjacent to an activating group) is 1. The van der Waals surface area contributed by atoms with Crippen LogP contribution in [0.2, 0.25) is 0 Å². The molecule has 1 aliphatic heterocycles. The van der Waals surface area contributed by atoms with E-state index in [1.54, 1.807) is 34.0 Å². The number of carboxylic acid groups (broad SMARTS) is 1. The van der Waals surface area contributed by atoms with Crippen LogP contribution in [0.1, 0.15) is 91.5 Å². The van der Waals surface area contributed by atoms with Crippen molar-refractivity contribution in [1.82, 2.24) is 36.5 Å². The number of benzene rings is 1. The molecule has 0 saturated carbocycles. The van der Waals surface area contributed by atoms with Crippen molar-refractivity contribution >= 4 is 52.4 Å². The number of H-pyrrole nitrogens is 1. The number of likely N-dealkylation sites (tertiary alicyclic amines) is 1. The molecule has 328 valence electrons. The molecule has 1 saturated heterocycles.